The summed E-state index contributed by atoms with van der Waals surface area (Å²) >= 11 is 7.75. The van der Waals surface area contributed by atoms with E-state index in [2.05, 4.69) is 0 Å². The molecule has 0 radical (unpaired) electrons. The molecule has 102 valence electrons. The van der Waals surface area contributed by atoms with Crippen LogP contribution in [0.25, 0.3) is 5.57 Å². The van der Waals surface area contributed by atoms with Gasteiger partial charge in [0.05, 0.1) is 15.5 Å². The highest BCUT2D eigenvalue weighted by atomic mass is 35.5. The van der Waals surface area contributed by atoms with E-state index >= 15 is 0 Å². The lowest BCUT2D eigenvalue weighted by Gasteiger charge is -2.07. The minimum atomic E-state index is -0.651. The zero-order valence-corrected chi connectivity index (χ0v) is 12.3. The van der Waals surface area contributed by atoms with Crippen LogP contribution in [0.2, 0.25) is 5.02 Å². The molecule has 0 saturated carbocycles. The summed E-state index contributed by atoms with van der Waals surface area (Å²) in [6, 6.07) is 9.27. The van der Waals surface area contributed by atoms with Gasteiger partial charge in [-0.25, -0.2) is 0 Å². The molecule has 3 rings (SSSR count). The molecule has 1 aromatic heterocycles. The Morgan fingerprint density at radius 1 is 1.30 bits per heavy atom. The summed E-state index contributed by atoms with van der Waals surface area (Å²) in [5.41, 5.74) is 7.80. The van der Waals surface area contributed by atoms with Crippen LogP contribution >= 0.6 is 22.9 Å². The van der Waals surface area contributed by atoms with Gasteiger partial charge < -0.3 is 10.5 Å². The standard InChI is InChI=1S/C15H12ClNO2S/c1-8-4-2-5-9(12(8)16)11-13(18)14(19-15(11)17)10-6-3-7-20-10/h2-7,14H,17H2,1H3. The van der Waals surface area contributed by atoms with Gasteiger partial charge in [0.15, 0.2) is 12.0 Å². The van der Waals surface area contributed by atoms with E-state index in [-0.39, 0.29) is 11.7 Å². The summed E-state index contributed by atoms with van der Waals surface area (Å²) in [6.07, 6.45) is -0.651. The van der Waals surface area contributed by atoms with Crippen molar-refractivity contribution in [3.8, 4) is 0 Å². The average molecular weight is 306 g/mol. The molecule has 2 aromatic rings. The number of ether oxygens (including phenoxy) is 1. The second kappa shape index (κ2) is 4.96. The maximum absolute atomic E-state index is 12.6. The Morgan fingerprint density at radius 3 is 2.80 bits per heavy atom. The first-order valence-electron chi connectivity index (χ1n) is 6.09. The summed E-state index contributed by atoms with van der Waals surface area (Å²) in [5.74, 6) is -0.00153. The fraction of sp³-hybridized carbons (Fsp3) is 0.133. The maximum Gasteiger partial charge on any atom is 0.214 e. The zero-order valence-electron chi connectivity index (χ0n) is 10.7. The zero-order chi connectivity index (χ0) is 14.3. The highest BCUT2D eigenvalue weighted by Crippen LogP contribution is 2.40. The number of aryl methyl sites for hydroxylation is 1. The van der Waals surface area contributed by atoms with E-state index in [1.165, 1.54) is 11.3 Å². The minimum Gasteiger partial charge on any atom is -0.461 e. The number of nitrogens with two attached hydrogens (primary N) is 1. The molecular formula is C15H12ClNO2S. The third-order valence-corrected chi connectivity index (χ3v) is 4.66. The highest BCUT2D eigenvalue weighted by molar-refractivity contribution is 7.10. The molecule has 1 unspecified atom stereocenters. The van der Waals surface area contributed by atoms with Gasteiger partial charge in [0.1, 0.15) is 0 Å². The smallest absolute Gasteiger partial charge is 0.214 e. The van der Waals surface area contributed by atoms with E-state index in [1.807, 2.05) is 36.6 Å². The second-order valence-electron chi connectivity index (χ2n) is 4.55. The summed E-state index contributed by atoms with van der Waals surface area (Å²) in [6.45, 7) is 1.89. The van der Waals surface area contributed by atoms with Crippen molar-refractivity contribution in [2.75, 3.05) is 0 Å². The van der Waals surface area contributed by atoms with Gasteiger partial charge in [0.25, 0.3) is 0 Å². The molecule has 0 saturated heterocycles. The number of thiophene rings is 1. The van der Waals surface area contributed by atoms with Crippen LogP contribution in [0.4, 0.5) is 0 Å². The third-order valence-electron chi connectivity index (χ3n) is 3.24. The van der Waals surface area contributed by atoms with E-state index in [0.29, 0.717) is 16.2 Å². The number of rotatable bonds is 2. The van der Waals surface area contributed by atoms with Crippen LogP contribution in [-0.4, -0.2) is 5.78 Å². The van der Waals surface area contributed by atoms with Crippen LogP contribution in [0.15, 0.2) is 41.6 Å². The van der Waals surface area contributed by atoms with Crippen LogP contribution in [0.5, 0.6) is 0 Å². The number of halogens is 1. The fourth-order valence-corrected chi connectivity index (χ4v) is 3.20. The molecule has 1 aliphatic heterocycles. The van der Waals surface area contributed by atoms with Gasteiger partial charge in [-0.15, -0.1) is 11.3 Å². The molecule has 0 amide bonds. The molecule has 1 aromatic carbocycles. The van der Waals surface area contributed by atoms with Crippen LogP contribution in [0.3, 0.4) is 0 Å². The average Bonchev–Trinajstić information content (AvgIpc) is 3.02. The molecule has 0 bridgehead atoms. The minimum absolute atomic E-state index is 0.140. The van der Waals surface area contributed by atoms with Crippen LogP contribution in [-0.2, 0) is 9.53 Å². The molecular weight excluding hydrogens is 294 g/mol. The summed E-state index contributed by atoms with van der Waals surface area (Å²) < 4.78 is 5.54. The van der Waals surface area contributed by atoms with E-state index in [9.17, 15) is 4.79 Å². The lowest BCUT2D eigenvalue weighted by molar-refractivity contribution is -0.120. The van der Waals surface area contributed by atoms with Gasteiger partial charge in [-0.2, -0.15) is 0 Å². The van der Waals surface area contributed by atoms with Crippen molar-refractivity contribution in [2.45, 2.75) is 13.0 Å². The second-order valence-corrected chi connectivity index (χ2v) is 5.91. The van der Waals surface area contributed by atoms with Crippen molar-refractivity contribution in [1.82, 2.24) is 0 Å². The molecule has 0 aliphatic carbocycles. The first-order valence-corrected chi connectivity index (χ1v) is 7.35. The summed E-state index contributed by atoms with van der Waals surface area (Å²) in [4.78, 5) is 13.4. The van der Waals surface area contributed by atoms with E-state index in [1.54, 1.807) is 6.07 Å². The third kappa shape index (κ3) is 2.01. The molecule has 1 aliphatic rings. The van der Waals surface area contributed by atoms with Crippen molar-refractivity contribution < 1.29 is 9.53 Å². The molecule has 0 spiro atoms. The first kappa shape index (κ1) is 13.2. The Morgan fingerprint density at radius 2 is 2.10 bits per heavy atom. The van der Waals surface area contributed by atoms with Gasteiger partial charge in [0, 0.05) is 5.56 Å². The van der Waals surface area contributed by atoms with Gasteiger partial charge in [-0.1, -0.05) is 35.9 Å². The topological polar surface area (TPSA) is 52.3 Å². The lowest BCUT2D eigenvalue weighted by Crippen LogP contribution is -2.08. The van der Waals surface area contributed by atoms with E-state index < -0.39 is 6.10 Å². The van der Waals surface area contributed by atoms with Gasteiger partial charge in [0.2, 0.25) is 5.78 Å². The van der Waals surface area contributed by atoms with Crippen molar-refractivity contribution in [3.63, 3.8) is 0 Å². The van der Waals surface area contributed by atoms with Crippen LogP contribution < -0.4 is 5.73 Å². The van der Waals surface area contributed by atoms with Crippen molar-refractivity contribution in [3.05, 3.63) is 62.6 Å². The van der Waals surface area contributed by atoms with E-state index in [4.69, 9.17) is 22.1 Å². The van der Waals surface area contributed by atoms with Crippen molar-refractivity contribution in [2.24, 2.45) is 5.73 Å². The Hall–Kier alpha value is -1.78. The number of hydrogen-bond acceptors (Lipinski definition) is 4. The molecule has 5 heteroatoms. The fourth-order valence-electron chi connectivity index (χ4n) is 2.23. The SMILES string of the molecule is Cc1cccc(C2=C(N)OC(c3cccs3)C2=O)c1Cl. The van der Waals surface area contributed by atoms with Crippen molar-refractivity contribution in [1.29, 1.82) is 0 Å². The van der Waals surface area contributed by atoms with Gasteiger partial charge in [-0.3, -0.25) is 4.79 Å². The molecule has 3 nitrogen and oxygen atoms in total. The quantitative estimate of drug-likeness (QED) is 0.921. The van der Waals surface area contributed by atoms with Crippen LogP contribution in [0, 0.1) is 6.92 Å². The lowest BCUT2D eigenvalue weighted by atomic mass is 9.98. The molecule has 2 N–H and O–H groups in total. The number of hydrogen-bond donors (Lipinski definition) is 1. The number of ketones is 1. The number of carbonyl (C=O) groups is 1. The summed E-state index contributed by atoms with van der Waals surface area (Å²) in [5, 5.41) is 2.44. The monoisotopic (exact) mass is 305 g/mol. The van der Waals surface area contributed by atoms with Crippen LogP contribution in [0.1, 0.15) is 22.1 Å². The van der Waals surface area contributed by atoms with Gasteiger partial charge >= 0.3 is 0 Å². The van der Waals surface area contributed by atoms with Crippen molar-refractivity contribution >= 4 is 34.3 Å². The molecule has 0 fully saturated rings. The maximum atomic E-state index is 12.6. The highest BCUT2D eigenvalue weighted by Gasteiger charge is 2.37. The number of Topliss-reactive ketones (excluding diaryl/α,β-unsaturated/α-hetero) is 1. The predicted molar refractivity (Wildman–Crippen MR) is 80.4 cm³/mol. The molecule has 2 heterocycles. The Kier molecular flexibility index (Phi) is 3.28. The first-order chi connectivity index (χ1) is 9.59. The van der Waals surface area contributed by atoms with E-state index in [0.717, 1.165) is 10.4 Å². The molecule has 20 heavy (non-hydrogen) atoms. The largest absolute Gasteiger partial charge is 0.461 e. The predicted octanol–water partition coefficient (Wildman–Crippen LogP) is 3.68. The Bertz CT molecular complexity index is 707. The molecule has 1 atom stereocenters. The number of carbonyl (C=O) groups excluding carboxylic acids is 1. The number of benzene rings is 1. The summed E-state index contributed by atoms with van der Waals surface area (Å²) in [7, 11) is 0. The Labute approximate surface area is 125 Å². The Balaban J connectivity index is 2.04. The normalized spacial score (nSPS) is 18.5. The van der Waals surface area contributed by atoms with Gasteiger partial charge in [-0.05, 0) is 23.9 Å².